The van der Waals surface area contributed by atoms with E-state index in [0.717, 1.165) is 11.1 Å². The number of benzene rings is 2. The number of rotatable bonds is 3. The number of alkyl halides is 1. The summed E-state index contributed by atoms with van der Waals surface area (Å²) in [7, 11) is -4.27. The Balaban J connectivity index is 0.000000403. The first-order valence-corrected chi connectivity index (χ1v) is 8.13. The second-order valence-corrected chi connectivity index (χ2v) is 6.94. The van der Waals surface area contributed by atoms with E-state index in [1.807, 2.05) is 45.0 Å². The van der Waals surface area contributed by atoms with Crippen LogP contribution in [-0.4, -0.2) is 19.6 Å². The SMILES string of the molecule is CC(C)(CF)c1[c]cccc1.Cc1ccc(S(=O)(=O)[O-])cc1.[Pd]. The molecule has 0 atom stereocenters. The van der Waals surface area contributed by atoms with E-state index in [1.165, 1.54) is 12.1 Å². The minimum absolute atomic E-state index is 0. The first kappa shape index (κ1) is 21.9. The molecule has 0 aliphatic carbocycles. The third-order valence-electron chi connectivity index (χ3n) is 3.08. The average Bonchev–Trinajstić information content (AvgIpc) is 2.48. The predicted octanol–water partition coefficient (Wildman–Crippen LogP) is 3.63. The van der Waals surface area contributed by atoms with Gasteiger partial charge in [0.2, 0.25) is 0 Å². The van der Waals surface area contributed by atoms with Gasteiger partial charge in [0.1, 0.15) is 10.1 Å². The maximum Gasteiger partial charge on any atom is 0.124 e. The number of halogens is 1. The van der Waals surface area contributed by atoms with Crippen LogP contribution in [0.2, 0.25) is 0 Å². The molecule has 0 heterocycles. The summed E-state index contributed by atoms with van der Waals surface area (Å²) in [5.74, 6) is 0. The van der Waals surface area contributed by atoms with E-state index in [1.54, 1.807) is 12.1 Å². The zero-order valence-electron chi connectivity index (χ0n) is 13.2. The van der Waals surface area contributed by atoms with Crippen LogP contribution in [0.3, 0.4) is 0 Å². The van der Waals surface area contributed by atoms with Gasteiger partial charge in [0.15, 0.2) is 0 Å². The van der Waals surface area contributed by atoms with E-state index in [4.69, 9.17) is 0 Å². The van der Waals surface area contributed by atoms with Crippen molar-refractivity contribution in [1.82, 2.24) is 0 Å². The van der Waals surface area contributed by atoms with Crippen molar-refractivity contribution in [2.75, 3.05) is 6.67 Å². The molecule has 0 saturated carbocycles. The van der Waals surface area contributed by atoms with Crippen LogP contribution in [0.4, 0.5) is 4.39 Å². The Kier molecular flexibility index (Phi) is 8.86. The number of aryl methyl sites for hydroxylation is 1. The molecule has 1 radical (unpaired) electrons. The van der Waals surface area contributed by atoms with Crippen molar-refractivity contribution in [2.45, 2.75) is 31.1 Å². The van der Waals surface area contributed by atoms with E-state index in [9.17, 15) is 17.4 Å². The molecule has 0 saturated heterocycles. The zero-order chi connectivity index (χ0) is 16.8. The molecular formula is C17H19FO3PdS-. The Morgan fingerprint density at radius 2 is 1.70 bits per heavy atom. The van der Waals surface area contributed by atoms with Crippen LogP contribution in [0.1, 0.15) is 25.0 Å². The van der Waals surface area contributed by atoms with Crippen LogP contribution in [0.25, 0.3) is 0 Å². The molecule has 6 heteroatoms. The van der Waals surface area contributed by atoms with Crippen molar-refractivity contribution >= 4 is 10.1 Å². The topological polar surface area (TPSA) is 57.2 Å². The van der Waals surface area contributed by atoms with Crippen LogP contribution in [0.5, 0.6) is 0 Å². The monoisotopic (exact) mass is 428 g/mol. The van der Waals surface area contributed by atoms with Gasteiger partial charge >= 0.3 is 0 Å². The molecule has 0 spiro atoms. The summed E-state index contributed by atoms with van der Waals surface area (Å²) in [5.41, 5.74) is 1.47. The molecule has 0 aliphatic heterocycles. The zero-order valence-corrected chi connectivity index (χ0v) is 15.5. The van der Waals surface area contributed by atoms with Gasteiger partial charge in [-0.25, -0.2) is 8.42 Å². The quantitative estimate of drug-likeness (QED) is 0.554. The van der Waals surface area contributed by atoms with Gasteiger partial charge < -0.3 is 4.55 Å². The molecule has 0 aliphatic rings. The second-order valence-electron chi connectivity index (χ2n) is 5.56. The normalized spacial score (nSPS) is 11.0. The Morgan fingerprint density at radius 1 is 1.13 bits per heavy atom. The third kappa shape index (κ3) is 7.36. The Bertz CT molecular complexity index is 684. The molecule has 2 aromatic rings. The summed E-state index contributed by atoms with van der Waals surface area (Å²) in [6.07, 6.45) is 0. The largest absolute Gasteiger partial charge is 0.744 e. The Morgan fingerprint density at radius 3 is 2.09 bits per heavy atom. The summed E-state index contributed by atoms with van der Waals surface area (Å²) < 4.78 is 43.6. The van der Waals surface area contributed by atoms with Crippen molar-refractivity contribution in [1.29, 1.82) is 0 Å². The molecule has 0 amide bonds. The molecule has 0 bridgehead atoms. The average molecular weight is 429 g/mol. The maximum atomic E-state index is 12.4. The van der Waals surface area contributed by atoms with Crippen molar-refractivity contribution in [2.24, 2.45) is 0 Å². The molecule has 23 heavy (non-hydrogen) atoms. The van der Waals surface area contributed by atoms with Gasteiger partial charge in [-0.15, -0.1) is 0 Å². The van der Waals surface area contributed by atoms with E-state index in [2.05, 4.69) is 6.07 Å². The van der Waals surface area contributed by atoms with Crippen molar-refractivity contribution < 1.29 is 37.8 Å². The Hall–Kier alpha value is -1.06. The van der Waals surface area contributed by atoms with Crippen LogP contribution in [0, 0.1) is 13.0 Å². The van der Waals surface area contributed by atoms with E-state index in [0.29, 0.717) is 0 Å². The summed E-state index contributed by atoms with van der Waals surface area (Å²) >= 11 is 0. The predicted molar refractivity (Wildman–Crippen MR) is 83.4 cm³/mol. The fourth-order valence-corrected chi connectivity index (χ4v) is 2.06. The summed E-state index contributed by atoms with van der Waals surface area (Å²) in [4.78, 5) is -0.178. The van der Waals surface area contributed by atoms with Crippen LogP contribution in [-0.2, 0) is 36.0 Å². The first-order chi connectivity index (χ1) is 10.2. The summed E-state index contributed by atoms with van der Waals surface area (Å²) in [6.45, 7) is 5.23. The van der Waals surface area contributed by atoms with Gasteiger partial charge in [0.25, 0.3) is 0 Å². The van der Waals surface area contributed by atoms with E-state index < -0.39 is 10.1 Å². The van der Waals surface area contributed by atoms with Gasteiger partial charge in [-0.05, 0) is 30.7 Å². The third-order valence-corrected chi connectivity index (χ3v) is 3.93. The molecule has 2 aromatic carbocycles. The molecule has 3 nitrogen and oxygen atoms in total. The molecule has 0 N–H and O–H groups in total. The molecule has 129 valence electrons. The second kappa shape index (κ2) is 9.29. The van der Waals surface area contributed by atoms with E-state index >= 15 is 0 Å². The van der Waals surface area contributed by atoms with Crippen LogP contribution >= 0.6 is 0 Å². The van der Waals surface area contributed by atoms with Crippen LogP contribution in [0.15, 0.2) is 53.4 Å². The molecule has 2 rings (SSSR count). The van der Waals surface area contributed by atoms with Crippen LogP contribution < -0.4 is 0 Å². The molecule has 0 unspecified atom stereocenters. The van der Waals surface area contributed by atoms with Crippen molar-refractivity contribution in [3.8, 4) is 0 Å². The van der Waals surface area contributed by atoms with Gasteiger partial charge in [-0.1, -0.05) is 55.8 Å². The van der Waals surface area contributed by atoms with E-state index in [-0.39, 0.29) is 37.4 Å². The first-order valence-electron chi connectivity index (χ1n) is 6.72. The fraction of sp³-hybridized carbons (Fsp3) is 0.294. The summed E-state index contributed by atoms with van der Waals surface area (Å²) in [5, 5.41) is 0. The number of hydrogen-bond donors (Lipinski definition) is 0. The smallest absolute Gasteiger partial charge is 0.124 e. The minimum atomic E-state index is -4.27. The van der Waals surface area contributed by atoms with Gasteiger partial charge in [0, 0.05) is 25.8 Å². The number of hydrogen-bond acceptors (Lipinski definition) is 3. The fourth-order valence-electron chi connectivity index (χ4n) is 1.59. The minimum Gasteiger partial charge on any atom is -0.744 e. The standard InChI is InChI=1S/C10H12F.C7H8O3S.Pd/c1-10(2,8-11)9-6-4-3-5-7-9;1-6-2-4-7(5-3-6)11(8,9)10;/h3-6H,8H2,1-2H3;2-5H,1H3,(H,8,9,10);/p-1. The molecular weight excluding hydrogens is 410 g/mol. The Labute approximate surface area is 151 Å². The maximum absolute atomic E-state index is 12.4. The summed E-state index contributed by atoms with van der Waals surface area (Å²) in [6, 6.07) is 16.3. The van der Waals surface area contributed by atoms with Gasteiger partial charge in [0.05, 0.1) is 11.6 Å². The van der Waals surface area contributed by atoms with Gasteiger partial charge in [-0.2, -0.15) is 0 Å². The molecule has 0 aromatic heterocycles. The van der Waals surface area contributed by atoms with Crippen molar-refractivity contribution in [3.05, 3.63) is 65.7 Å². The van der Waals surface area contributed by atoms with Crippen molar-refractivity contribution in [3.63, 3.8) is 0 Å². The van der Waals surface area contributed by atoms with Gasteiger partial charge in [-0.3, -0.25) is 4.39 Å². The molecule has 0 fully saturated rings.